The quantitative estimate of drug-likeness (QED) is 0.745. The van der Waals surface area contributed by atoms with Crippen LogP contribution in [0.25, 0.3) is 0 Å². The molecule has 0 N–H and O–H groups in total. The van der Waals surface area contributed by atoms with Crippen molar-refractivity contribution in [2.24, 2.45) is 0 Å². The molecule has 0 radical (unpaired) electrons. The SMILES string of the molecule is N#CCCN(CCC#N)C(=O)CN1CCOC(c2ccc(Cl)cc2)C1. The lowest BCUT2D eigenvalue weighted by Gasteiger charge is -2.34. The molecule has 1 unspecified atom stereocenters. The smallest absolute Gasteiger partial charge is 0.236 e. The summed E-state index contributed by atoms with van der Waals surface area (Å²) in [5, 5.41) is 18.1. The lowest BCUT2D eigenvalue weighted by Crippen LogP contribution is -2.46. The summed E-state index contributed by atoms with van der Waals surface area (Å²) in [5.41, 5.74) is 1.03. The molecule has 1 saturated heterocycles. The topological polar surface area (TPSA) is 80.4 Å². The Morgan fingerprint density at radius 2 is 1.88 bits per heavy atom. The third-order valence-electron chi connectivity index (χ3n) is 4.09. The molecule has 1 aliphatic heterocycles. The second-order valence-electron chi connectivity index (χ2n) is 5.84. The summed E-state index contributed by atoms with van der Waals surface area (Å²) in [6.45, 7) is 2.85. The third-order valence-corrected chi connectivity index (χ3v) is 4.34. The fourth-order valence-electron chi connectivity index (χ4n) is 2.75. The zero-order valence-electron chi connectivity index (χ0n) is 14.0. The zero-order chi connectivity index (χ0) is 18.1. The molecule has 132 valence electrons. The van der Waals surface area contributed by atoms with Crippen molar-refractivity contribution in [1.29, 1.82) is 10.5 Å². The van der Waals surface area contributed by atoms with Gasteiger partial charge in [0.1, 0.15) is 0 Å². The lowest BCUT2D eigenvalue weighted by atomic mass is 10.1. The number of hydrogen-bond donors (Lipinski definition) is 0. The van der Waals surface area contributed by atoms with Crippen LogP contribution in [-0.4, -0.2) is 55.0 Å². The van der Waals surface area contributed by atoms with Gasteiger partial charge in [0.05, 0.1) is 44.2 Å². The van der Waals surface area contributed by atoms with E-state index in [1.165, 1.54) is 0 Å². The molecular weight excluding hydrogens is 340 g/mol. The highest BCUT2D eigenvalue weighted by molar-refractivity contribution is 6.30. The second-order valence-corrected chi connectivity index (χ2v) is 6.28. The maximum Gasteiger partial charge on any atom is 0.236 e. The van der Waals surface area contributed by atoms with E-state index in [1.54, 1.807) is 4.90 Å². The highest BCUT2D eigenvalue weighted by Gasteiger charge is 2.25. The van der Waals surface area contributed by atoms with Gasteiger partial charge in [-0.25, -0.2) is 0 Å². The first kappa shape index (κ1) is 19.2. The van der Waals surface area contributed by atoms with E-state index in [2.05, 4.69) is 4.90 Å². The van der Waals surface area contributed by atoms with Gasteiger partial charge in [0.2, 0.25) is 5.91 Å². The Hall–Kier alpha value is -2.12. The molecule has 7 heteroatoms. The molecule has 1 atom stereocenters. The van der Waals surface area contributed by atoms with Crippen LogP contribution in [0.2, 0.25) is 5.02 Å². The molecule has 1 aliphatic rings. The van der Waals surface area contributed by atoms with Gasteiger partial charge in [0, 0.05) is 31.2 Å². The number of carbonyl (C=O) groups excluding carboxylic acids is 1. The molecule has 0 aliphatic carbocycles. The van der Waals surface area contributed by atoms with Crippen molar-refractivity contribution in [2.75, 3.05) is 39.3 Å². The highest BCUT2D eigenvalue weighted by Crippen LogP contribution is 2.23. The van der Waals surface area contributed by atoms with Crippen LogP contribution in [0.3, 0.4) is 0 Å². The minimum atomic E-state index is -0.0921. The van der Waals surface area contributed by atoms with Gasteiger partial charge >= 0.3 is 0 Å². The van der Waals surface area contributed by atoms with Crippen LogP contribution in [0.1, 0.15) is 24.5 Å². The van der Waals surface area contributed by atoms with Crippen LogP contribution in [0.4, 0.5) is 0 Å². The zero-order valence-corrected chi connectivity index (χ0v) is 14.8. The first-order valence-corrected chi connectivity index (χ1v) is 8.63. The molecule has 1 aromatic carbocycles. The number of nitriles is 2. The van der Waals surface area contributed by atoms with E-state index in [0.717, 1.165) is 5.56 Å². The van der Waals surface area contributed by atoms with Gasteiger partial charge in [-0.3, -0.25) is 9.69 Å². The molecule has 0 aromatic heterocycles. The molecule has 0 saturated carbocycles. The van der Waals surface area contributed by atoms with Crippen molar-refractivity contribution in [3.05, 3.63) is 34.9 Å². The van der Waals surface area contributed by atoms with Gasteiger partial charge in [-0.2, -0.15) is 10.5 Å². The van der Waals surface area contributed by atoms with E-state index in [0.29, 0.717) is 37.8 Å². The Labute approximate surface area is 153 Å². The monoisotopic (exact) mass is 360 g/mol. The van der Waals surface area contributed by atoms with Crippen molar-refractivity contribution >= 4 is 17.5 Å². The molecule has 1 amide bonds. The number of rotatable bonds is 7. The molecule has 0 spiro atoms. The van der Waals surface area contributed by atoms with Crippen molar-refractivity contribution < 1.29 is 9.53 Å². The molecule has 1 heterocycles. The van der Waals surface area contributed by atoms with Crippen LogP contribution in [0.5, 0.6) is 0 Å². The Morgan fingerprint density at radius 1 is 1.24 bits per heavy atom. The van der Waals surface area contributed by atoms with Crippen LogP contribution in [0.15, 0.2) is 24.3 Å². The largest absolute Gasteiger partial charge is 0.371 e. The third kappa shape index (κ3) is 6.03. The minimum absolute atomic E-state index is 0.0535. The number of carbonyl (C=O) groups is 1. The van der Waals surface area contributed by atoms with E-state index in [4.69, 9.17) is 26.9 Å². The van der Waals surface area contributed by atoms with Gasteiger partial charge in [-0.1, -0.05) is 23.7 Å². The summed E-state index contributed by atoms with van der Waals surface area (Å²) < 4.78 is 5.81. The standard InChI is InChI=1S/C18H21ClN4O2/c19-16-5-3-15(4-6-16)17-13-22(11-12-25-17)14-18(24)23(9-1-7-20)10-2-8-21/h3-6,17H,1-2,9-14H2. The molecule has 1 fully saturated rings. The maximum absolute atomic E-state index is 12.5. The predicted molar refractivity (Wildman–Crippen MR) is 93.6 cm³/mol. The first-order chi connectivity index (χ1) is 12.1. The first-order valence-electron chi connectivity index (χ1n) is 8.25. The average molecular weight is 361 g/mol. The van der Waals surface area contributed by atoms with E-state index in [-0.39, 0.29) is 31.4 Å². The van der Waals surface area contributed by atoms with Crippen LogP contribution >= 0.6 is 11.6 Å². The highest BCUT2D eigenvalue weighted by atomic mass is 35.5. The van der Waals surface area contributed by atoms with Crippen LogP contribution in [0, 0.1) is 22.7 Å². The maximum atomic E-state index is 12.5. The van der Waals surface area contributed by atoms with Crippen LogP contribution < -0.4 is 0 Å². The number of ether oxygens (including phenoxy) is 1. The number of benzene rings is 1. The van der Waals surface area contributed by atoms with E-state index < -0.39 is 0 Å². The summed E-state index contributed by atoms with van der Waals surface area (Å²) in [4.78, 5) is 16.2. The molecule has 1 aromatic rings. The average Bonchev–Trinajstić information content (AvgIpc) is 2.62. The minimum Gasteiger partial charge on any atom is -0.371 e. The Kier molecular flexibility index (Phi) is 7.69. The van der Waals surface area contributed by atoms with Gasteiger partial charge in [0.25, 0.3) is 0 Å². The Bertz CT molecular complexity index is 633. The molecule has 2 rings (SSSR count). The summed E-state index contributed by atoms with van der Waals surface area (Å²) in [5.74, 6) is -0.0535. The second kappa shape index (κ2) is 10.0. The number of hydrogen-bond acceptors (Lipinski definition) is 5. The van der Waals surface area contributed by atoms with Gasteiger partial charge < -0.3 is 9.64 Å². The molecular formula is C18H21ClN4O2. The van der Waals surface area contributed by atoms with Crippen molar-refractivity contribution in [1.82, 2.24) is 9.80 Å². The summed E-state index contributed by atoms with van der Waals surface area (Å²) in [7, 11) is 0. The van der Waals surface area contributed by atoms with E-state index >= 15 is 0 Å². The summed E-state index contributed by atoms with van der Waals surface area (Å²) in [6.07, 6.45) is 0.451. The summed E-state index contributed by atoms with van der Waals surface area (Å²) in [6, 6.07) is 11.6. The summed E-state index contributed by atoms with van der Waals surface area (Å²) >= 11 is 5.92. The van der Waals surface area contributed by atoms with Crippen LogP contribution in [-0.2, 0) is 9.53 Å². The Balaban J connectivity index is 1.93. The van der Waals surface area contributed by atoms with E-state index in [9.17, 15) is 4.79 Å². The molecule has 0 bridgehead atoms. The van der Waals surface area contributed by atoms with Gasteiger partial charge in [-0.15, -0.1) is 0 Å². The Morgan fingerprint density at radius 3 is 2.48 bits per heavy atom. The van der Waals surface area contributed by atoms with E-state index in [1.807, 2.05) is 36.4 Å². The number of nitrogens with zero attached hydrogens (tertiary/aromatic N) is 4. The van der Waals surface area contributed by atoms with Crippen molar-refractivity contribution in [3.63, 3.8) is 0 Å². The number of morpholine rings is 1. The lowest BCUT2D eigenvalue weighted by molar-refractivity contribution is -0.134. The van der Waals surface area contributed by atoms with Crippen molar-refractivity contribution in [3.8, 4) is 12.1 Å². The number of amides is 1. The normalized spacial score (nSPS) is 17.5. The van der Waals surface area contributed by atoms with Gasteiger partial charge in [-0.05, 0) is 17.7 Å². The molecule has 6 nitrogen and oxygen atoms in total. The fourth-order valence-corrected chi connectivity index (χ4v) is 2.87. The van der Waals surface area contributed by atoms with Crippen molar-refractivity contribution in [2.45, 2.75) is 18.9 Å². The fraction of sp³-hybridized carbons (Fsp3) is 0.500. The number of halogens is 1. The predicted octanol–water partition coefficient (Wildman–Crippen LogP) is 2.37. The molecule has 25 heavy (non-hydrogen) atoms. The van der Waals surface area contributed by atoms with Gasteiger partial charge in [0.15, 0.2) is 0 Å².